The molecule has 626 valence electrons. The lowest BCUT2D eigenvalue weighted by Crippen LogP contribution is -2.32. The number of carbonyl (C=O) groups excluding carboxylic acids is 4. The molecule has 0 fully saturated rings. The first-order valence-corrected chi connectivity index (χ1v) is 48.1. The molecule has 0 aliphatic carbocycles. The smallest absolute Gasteiger partial charge is 0.265 e. The lowest BCUT2D eigenvalue weighted by atomic mass is 10.1. The first-order valence-electron chi connectivity index (χ1n) is 37.8. The highest BCUT2D eigenvalue weighted by Gasteiger charge is 2.28. The van der Waals surface area contributed by atoms with Gasteiger partial charge in [0, 0.05) is 37.5 Å². The van der Waals surface area contributed by atoms with Gasteiger partial charge in [0.05, 0.1) is 94.7 Å². The van der Waals surface area contributed by atoms with Crippen molar-refractivity contribution < 1.29 is 53.9 Å². The van der Waals surface area contributed by atoms with Gasteiger partial charge in [-0.25, -0.2) is 40.2 Å². The first-order chi connectivity index (χ1) is 58.2. The summed E-state index contributed by atoms with van der Waals surface area (Å²) in [5.41, 5.74) is 9.49. The highest BCUT2D eigenvalue weighted by atomic mass is 32.2. The SMILES string of the molecule is CC(C)C(=O)Nc1ccccc1SC(C#N)c1nc2ccccc2s1.CCC(Oc1ccc(C)cc1C)C(=O)Nc1ccccc1SC(C#N)c1nc2ccc(NC(=O)c3cccc(NS(C)(=O)=O)c3)cc2s1.CCC(Oc1ccc(C)cc1C)C(=O)Nc1ccccc1SC(C#N)c1nc2ccc(S(=O)(=O)Nc3cccc(NS(C)(=O)=O)c3)cc2s1. The molecule has 122 heavy (non-hydrogen) atoms. The van der Waals surface area contributed by atoms with Crippen LogP contribution in [0.5, 0.6) is 11.5 Å². The third kappa shape index (κ3) is 24.9. The zero-order valence-corrected chi connectivity index (χ0v) is 74.8. The zero-order chi connectivity index (χ0) is 87.6. The van der Waals surface area contributed by atoms with Crippen molar-refractivity contribution >= 4 is 193 Å². The molecule has 5 unspecified atom stereocenters. The number of nitrogens with zero attached hydrogens (tertiary/aromatic N) is 6. The quantitative estimate of drug-likeness (QED) is 0.0206. The first kappa shape index (κ1) is 90.9. The number of thioether (sulfide) groups is 3. The van der Waals surface area contributed by atoms with Gasteiger partial charge in [-0.15, -0.1) is 34.0 Å². The number of hydrogen-bond donors (Lipinski definition) is 7. The second-order valence-electron chi connectivity index (χ2n) is 28.0. The number of sulfonamides is 3. The van der Waals surface area contributed by atoms with Gasteiger partial charge in [-0.1, -0.05) is 159 Å². The summed E-state index contributed by atoms with van der Waals surface area (Å²) in [6.07, 6.45) is 1.51. The summed E-state index contributed by atoms with van der Waals surface area (Å²) in [6.45, 7) is 15.3. The Kier molecular flexibility index (Phi) is 30.6. The average molecular weight is 1800 g/mol. The Bertz CT molecular complexity index is 6530. The number of nitriles is 3. The van der Waals surface area contributed by atoms with Crippen LogP contribution in [-0.4, -0.2) is 88.6 Å². The maximum atomic E-state index is 13.3. The number of carbonyl (C=O) groups is 4. The lowest BCUT2D eigenvalue weighted by Gasteiger charge is -2.20. The van der Waals surface area contributed by atoms with Gasteiger partial charge in [-0.05, 0) is 185 Å². The van der Waals surface area contributed by atoms with Gasteiger partial charge in [0.2, 0.25) is 26.0 Å². The number of hydrogen-bond acceptors (Lipinski definition) is 24. The molecule has 34 heteroatoms. The maximum Gasteiger partial charge on any atom is 0.265 e. The van der Waals surface area contributed by atoms with Crippen molar-refractivity contribution in [1.82, 2.24) is 15.0 Å². The molecule has 3 aromatic heterocycles. The van der Waals surface area contributed by atoms with Crippen LogP contribution in [-0.2, 0) is 44.5 Å². The molecule has 0 aliphatic heterocycles. The predicted molar refractivity (Wildman–Crippen MR) is 491 cm³/mol. The minimum Gasteiger partial charge on any atom is -0.480 e. The second kappa shape index (κ2) is 41.1. The number of nitrogens with one attached hydrogen (secondary N) is 7. The number of aromatic nitrogens is 3. The van der Waals surface area contributed by atoms with Gasteiger partial charge in [0.25, 0.3) is 27.7 Å². The van der Waals surface area contributed by atoms with Gasteiger partial charge in [-0.3, -0.25) is 33.3 Å². The number of aryl methyl sites for hydroxylation is 4. The topological polar surface area (TPSA) is 383 Å². The highest BCUT2D eigenvalue weighted by molar-refractivity contribution is 8.00. The van der Waals surface area contributed by atoms with Crippen LogP contribution >= 0.6 is 69.3 Å². The van der Waals surface area contributed by atoms with E-state index in [2.05, 4.69) is 68.6 Å². The average Bonchev–Trinajstić information content (AvgIpc) is 1.59. The van der Waals surface area contributed by atoms with Crippen molar-refractivity contribution in [3.05, 3.63) is 261 Å². The van der Waals surface area contributed by atoms with Crippen molar-refractivity contribution in [2.75, 3.05) is 47.9 Å². The van der Waals surface area contributed by atoms with Gasteiger partial charge >= 0.3 is 0 Å². The van der Waals surface area contributed by atoms with Crippen LogP contribution in [0.15, 0.2) is 238 Å². The van der Waals surface area contributed by atoms with Crippen LogP contribution in [0.4, 0.5) is 39.8 Å². The summed E-state index contributed by atoms with van der Waals surface area (Å²) in [4.78, 5) is 67.7. The highest BCUT2D eigenvalue weighted by Crippen LogP contribution is 2.45. The molecule has 4 amide bonds. The third-order valence-corrected chi connectivity index (χ3v) is 27.6. The number of fused-ring (bicyclic) bond motifs is 3. The monoisotopic (exact) mass is 1800 g/mol. The largest absolute Gasteiger partial charge is 0.480 e. The number of ether oxygens (including phenoxy) is 2. The summed E-state index contributed by atoms with van der Waals surface area (Å²) < 4.78 is 94.5. The van der Waals surface area contributed by atoms with E-state index in [9.17, 15) is 60.2 Å². The van der Waals surface area contributed by atoms with Gasteiger partial charge in [-0.2, -0.15) is 15.8 Å². The lowest BCUT2D eigenvalue weighted by molar-refractivity contribution is -0.123. The Labute approximate surface area is 732 Å². The summed E-state index contributed by atoms with van der Waals surface area (Å²) in [6, 6.07) is 70.2. The van der Waals surface area contributed by atoms with E-state index in [4.69, 9.17) is 9.47 Å². The molecule has 5 atom stereocenters. The molecule has 13 aromatic rings. The predicted octanol–water partition coefficient (Wildman–Crippen LogP) is 20.2. The third-order valence-electron chi connectivity index (χ3n) is 17.8. The molecular weight excluding hydrogens is 1720 g/mol. The Morgan fingerprint density at radius 2 is 0.820 bits per heavy atom. The molecule has 13 rings (SSSR count). The Morgan fingerprint density at radius 1 is 0.418 bits per heavy atom. The molecule has 0 bridgehead atoms. The standard InChI is InChI=1S/C35H33N5O5S3.C34H33N5O6S4.C19H17N3OS2/c1-5-28(45-29-16-13-21(2)17-22(29)3)34(42)38-26-11-6-7-12-30(26)46-32(20-36)35-39-27-15-14-24(19-31(27)47-35)37-33(41)23-9-8-10-25(18-23)40-48(4,43)44;1-5-28(45-29-16-13-21(2)17-22(29)3)33(40)36-26-11-6-7-12-30(26)46-32(20-35)34-37-27-15-14-25(19-31(27)47-34)49(43,44)39-24-10-8-9-23(18-24)38-48(4,41)42;1-12(2)18(23)21-13-7-3-5-9-15(13)24-17(11-20)19-22-14-8-4-6-10-16(14)25-19/h6-19,28,32,40H,5H2,1-4H3,(H,37,41)(H,38,42);6-19,28,32,38-39H,5H2,1-4H3,(H,36,40);3-10,12,17H,1-2H3,(H,21,23). The van der Waals surface area contributed by atoms with Crippen LogP contribution in [0.1, 0.15) is 104 Å². The normalized spacial score (nSPS) is 12.6. The van der Waals surface area contributed by atoms with E-state index in [-0.39, 0.29) is 51.2 Å². The summed E-state index contributed by atoms with van der Waals surface area (Å²) >= 11 is 7.98. The van der Waals surface area contributed by atoms with Gasteiger partial charge in [0.15, 0.2) is 12.2 Å². The van der Waals surface area contributed by atoms with E-state index in [0.29, 0.717) is 76.9 Å². The molecule has 7 N–H and O–H groups in total. The van der Waals surface area contributed by atoms with E-state index in [0.717, 1.165) is 65.3 Å². The number of anilines is 7. The van der Waals surface area contributed by atoms with Gasteiger partial charge in [0.1, 0.15) is 42.3 Å². The van der Waals surface area contributed by atoms with Crippen LogP contribution < -0.4 is 44.9 Å². The number of benzene rings is 10. The molecule has 0 radical (unpaired) electrons. The van der Waals surface area contributed by atoms with Gasteiger partial charge < -0.3 is 30.7 Å². The van der Waals surface area contributed by atoms with Crippen molar-refractivity contribution in [3.63, 3.8) is 0 Å². The van der Waals surface area contributed by atoms with Crippen LogP contribution in [0.3, 0.4) is 0 Å². The fourth-order valence-electron chi connectivity index (χ4n) is 11.9. The van der Waals surface area contributed by atoms with Crippen molar-refractivity contribution in [2.45, 2.75) is 116 Å². The second-order valence-corrected chi connectivity index (χ2v) is 39.8. The molecule has 0 aliphatic rings. The molecule has 0 spiro atoms. The number of rotatable bonds is 30. The summed E-state index contributed by atoms with van der Waals surface area (Å²) in [7, 11) is -11.1. The van der Waals surface area contributed by atoms with E-state index in [1.807, 2.05) is 165 Å². The summed E-state index contributed by atoms with van der Waals surface area (Å²) in [5.74, 6) is 0.139. The zero-order valence-electron chi connectivity index (χ0n) is 67.4. The molecular formula is C88H83N13O12S9. The van der Waals surface area contributed by atoms with Crippen molar-refractivity contribution in [2.24, 2.45) is 5.92 Å². The Morgan fingerprint density at radius 3 is 1.26 bits per heavy atom. The van der Waals surface area contributed by atoms with E-state index in [1.165, 1.54) is 112 Å². The van der Waals surface area contributed by atoms with Crippen LogP contribution in [0.2, 0.25) is 0 Å². The molecule has 0 saturated heterocycles. The summed E-state index contributed by atoms with van der Waals surface area (Å²) in [5, 5.41) is 41.6. The Hall–Kier alpha value is -11.9. The number of thiazole rings is 3. The van der Waals surface area contributed by atoms with E-state index >= 15 is 0 Å². The van der Waals surface area contributed by atoms with Crippen molar-refractivity contribution in [3.8, 4) is 29.7 Å². The van der Waals surface area contributed by atoms with E-state index < -0.39 is 63.9 Å². The maximum absolute atomic E-state index is 13.3. The van der Waals surface area contributed by atoms with Crippen LogP contribution in [0.25, 0.3) is 30.6 Å². The Balaban J connectivity index is 0.000000188. The minimum atomic E-state index is -4.05. The number of para-hydroxylation sites is 4. The van der Waals surface area contributed by atoms with E-state index in [1.54, 1.807) is 66.7 Å². The number of amides is 4. The molecule has 0 saturated carbocycles. The molecule has 25 nitrogen and oxygen atoms in total. The molecule has 3 heterocycles. The van der Waals surface area contributed by atoms with Crippen molar-refractivity contribution in [1.29, 1.82) is 15.8 Å². The fraction of sp³-hybridized carbons (Fsp3) is 0.205. The molecule has 10 aromatic carbocycles. The minimum absolute atomic E-state index is 0.0283. The fourth-order valence-corrected chi connectivity index (χ4v) is 20.3. The van der Waals surface area contributed by atoms with Crippen LogP contribution in [0, 0.1) is 67.6 Å².